The van der Waals surface area contributed by atoms with E-state index in [2.05, 4.69) is 31.1 Å². The van der Waals surface area contributed by atoms with Gasteiger partial charge in [0.25, 0.3) is 0 Å². The molecule has 4 nitrogen and oxygen atoms in total. The number of nitrogens with zero attached hydrogens (tertiary/aromatic N) is 4. The maximum absolute atomic E-state index is 8.67. The summed E-state index contributed by atoms with van der Waals surface area (Å²) in [4.78, 5) is 4.05. The van der Waals surface area contributed by atoms with Crippen molar-refractivity contribution in [1.29, 1.82) is 5.26 Å². The molecule has 72 valence electrons. The van der Waals surface area contributed by atoms with Crippen molar-refractivity contribution >= 4 is 15.9 Å². The molecule has 15 heavy (non-hydrogen) atoms. The minimum absolute atomic E-state index is 0.264. The largest absolute Gasteiger partial charge is 0.214 e. The van der Waals surface area contributed by atoms with Gasteiger partial charge in [0, 0.05) is 10.0 Å². The highest BCUT2D eigenvalue weighted by Gasteiger charge is 2.03. The summed E-state index contributed by atoms with van der Waals surface area (Å²) in [5, 5.41) is 16.3. The minimum Gasteiger partial charge on any atom is -0.214 e. The number of hydrogen-bond acceptors (Lipinski definition) is 4. The molecule has 0 aliphatic heterocycles. The average Bonchev–Trinajstić information content (AvgIpc) is 2.29. The SMILES string of the molecule is N#Cc1cnnc(-c2cccc(Br)c2)n1. The second-order valence-corrected chi connectivity index (χ2v) is 3.70. The number of halogens is 1. The molecule has 0 saturated heterocycles. The van der Waals surface area contributed by atoms with Crippen molar-refractivity contribution < 1.29 is 0 Å². The second kappa shape index (κ2) is 4.15. The predicted molar refractivity (Wildman–Crippen MR) is 57.7 cm³/mol. The number of rotatable bonds is 1. The first-order chi connectivity index (χ1) is 7.29. The lowest BCUT2D eigenvalue weighted by molar-refractivity contribution is 0.967. The molecule has 0 unspecified atom stereocenters. The van der Waals surface area contributed by atoms with Gasteiger partial charge in [-0.1, -0.05) is 28.1 Å². The summed E-state index contributed by atoms with van der Waals surface area (Å²) in [6, 6.07) is 9.45. The predicted octanol–water partition coefficient (Wildman–Crippen LogP) is 2.17. The molecule has 2 aromatic rings. The summed E-state index contributed by atoms with van der Waals surface area (Å²) in [7, 11) is 0. The molecule has 0 fully saturated rings. The van der Waals surface area contributed by atoms with E-state index in [1.54, 1.807) is 0 Å². The van der Waals surface area contributed by atoms with Crippen LogP contribution < -0.4 is 0 Å². The maximum Gasteiger partial charge on any atom is 0.183 e. The van der Waals surface area contributed by atoms with Crippen LogP contribution in [0.2, 0.25) is 0 Å². The van der Waals surface area contributed by atoms with E-state index in [4.69, 9.17) is 5.26 Å². The van der Waals surface area contributed by atoms with Crippen LogP contribution in [0.5, 0.6) is 0 Å². The van der Waals surface area contributed by atoms with Crippen LogP contribution in [0, 0.1) is 11.3 Å². The Morgan fingerprint density at radius 2 is 2.20 bits per heavy atom. The van der Waals surface area contributed by atoms with Crippen molar-refractivity contribution in [2.24, 2.45) is 0 Å². The van der Waals surface area contributed by atoms with Gasteiger partial charge in [-0.2, -0.15) is 10.4 Å². The standard InChI is InChI=1S/C10H5BrN4/c11-8-3-1-2-7(4-8)10-14-9(5-12)6-13-15-10/h1-4,6H. The lowest BCUT2D eigenvalue weighted by atomic mass is 10.2. The fraction of sp³-hybridized carbons (Fsp3) is 0. The third-order valence-corrected chi connectivity index (χ3v) is 2.25. The molecule has 0 N–H and O–H groups in total. The number of hydrogen-bond donors (Lipinski definition) is 0. The Labute approximate surface area is 94.7 Å². The van der Waals surface area contributed by atoms with Crippen molar-refractivity contribution in [3.8, 4) is 17.5 Å². The van der Waals surface area contributed by atoms with Gasteiger partial charge in [-0.3, -0.25) is 0 Å². The number of nitriles is 1. The first-order valence-electron chi connectivity index (χ1n) is 4.15. The minimum atomic E-state index is 0.264. The van der Waals surface area contributed by atoms with Gasteiger partial charge in [0.2, 0.25) is 0 Å². The number of aromatic nitrogens is 3. The van der Waals surface area contributed by atoms with Gasteiger partial charge < -0.3 is 0 Å². The lowest BCUT2D eigenvalue weighted by Gasteiger charge is -1.98. The van der Waals surface area contributed by atoms with Gasteiger partial charge in [0.05, 0.1) is 6.20 Å². The Morgan fingerprint density at radius 1 is 1.33 bits per heavy atom. The first kappa shape index (κ1) is 9.74. The molecule has 0 aliphatic rings. The summed E-state index contributed by atoms with van der Waals surface area (Å²) in [6.45, 7) is 0. The van der Waals surface area contributed by atoms with Crippen LogP contribution in [0.25, 0.3) is 11.4 Å². The zero-order valence-corrected chi connectivity index (χ0v) is 9.14. The van der Waals surface area contributed by atoms with E-state index < -0.39 is 0 Å². The van der Waals surface area contributed by atoms with E-state index in [9.17, 15) is 0 Å². The van der Waals surface area contributed by atoms with Crippen LogP contribution in [0.3, 0.4) is 0 Å². The molecule has 2 rings (SSSR count). The van der Waals surface area contributed by atoms with E-state index in [1.165, 1.54) is 6.20 Å². The van der Waals surface area contributed by atoms with Crippen LogP contribution in [0.1, 0.15) is 5.69 Å². The van der Waals surface area contributed by atoms with E-state index >= 15 is 0 Å². The summed E-state index contributed by atoms with van der Waals surface area (Å²) >= 11 is 3.35. The zero-order chi connectivity index (χ0) is 10.7. The monoisotopic (exact) mass is 260 g/mol. The third kappa shape index (κ3) is 2.17. The molecule has 0 bridgehead atoms. The summed E-state index contributed by atoms with van der Waals surface area (Å²) in [5.41, 5.74) is 1.09. The molecule has 1 aromatic heterocycles. The molecule has 0 atom stereocenters. The van der Waals surface area contributed by atoms with Crippen LogP contribution >= 0.6 is 15.9 Å². The fourth-order valence-corrected chi connectivity index (χ4v) is 1.51. The Hall–Kier alpha value is -1.80. The summed E-state index contributed by atoms with van der Waals surface area (Å²) < 4.78 is 0.936. The summed E-state index contributed by atoms with van der Waals surface area (Å²) in [6.07, 6.45) is 1.33. The van der Waals surface area contributed by atoms with Crippen molar-refractivity contribution in [2.45, 2.75) is 0 Å². The fourth-order valence-electron chi connectivity index (χ4n) is 1.11. The smallest absolute Gasteiger partial charge is 0.183 e. The van der Waals surface area contributed by atoms with Gasteiger partial charge in [0.1, 0.15) is 6.07 Å². The average molecular weight is 261 g/mol. The van der Waals surface area contributed by atoms with Gasteiger partial charge in [-0.15, -0.1) is 5.10 Å². The quantitative estimate of drug-likeness (QED) is 0.789. The van der Waals surface area contributed by atoms with Gasteiger partial charge in [0.15, 0.2) is 11.5 Å². The highest BCUT2D eigenvalue weighted by Crippen LogP contribution is 2.18. The van der Waals surface area contributed by atoms with Crippen LogP contribution in [-0.4, -0.2) is 15.2 Å². The molecule has 1 aromatic carbocycles. The zero-order valence-electron chi connectivity index (χ0n) is 7.55. The van der Waals surface area contributed by atoms with Crippen molar-refractivity contribution in [3.05, 3.63) is 40.6 Å². The highest BCUT2D eigenvalue weighted by molar-refractivity contribution is 9.10. The third-order valence-electron chi connectivity index (χ3n) is 1.76. The molecule has 0 saturated carbocycles. The second-order valence-electron chi connectivity index (χ2n) is 2.79. The van der Waals surface area contributed by atoms with Gasteiger partial charge in [-0.25, -0.2) is 4.98 Å². The molecule has 5 heteroatoms. The Kier molecular flexibility index (Phi) is 2.70. The van der Waals surface area contributed by atoms with Crippen molar-refractivity contribution in [1.82, 2.24) is 15.2 Å². The Morgan fingerprint density at radius 3 is 2.93 bits per heavy atom. The Bertz CT molecular complexity index is 533. The van der Waals surface area contributed by atoms with Crippen molar-refractivity contribution in [3.63, 3.8) is 0 Å². The normalized spacial score (nSPS) is 9.60. The first-order valence-corrected chi connectivity index (χ1v) is 4.94. The molecule has 0 spiro atoms. The van der Waals surface area contributed by atoms with E-state index in [0.717, 1.165) is 10.0 Å². The molecule has 0 amide bonds. The maximum atomic E-state index is 8.67. The Balaban J connectivity index is 2.50. The topological polar surface area (TPSA) is 62.5 Å². The van der Waals surface area contributed by atoms with E-state index in [-0.39, 0.29) is 5.69 Å². The molecule has 0 aliphatic carbocycles. The lowest BCUT2D eigenvalue weighted by Crippen LogP contribution is -1.94. The summed E-state index contributed by atoms with van der Waals surface area (Å²) in [5.74, 6) is 0.454. The van der Waals surface area contributed by atoms with E-state index in [0.29, 0.717) is 5.82 Å². The van der Waals surface area contributed by atoms with Crippen LogP contribution in [-0.2, 0) is 0 Å². The molecule has 0 radical (unpaired) electrons. The van der Waals surface area contributed by atoms with Gasteiger partial charge in [-0.05, 0) is 12.1 Å². The van der Waals surface area contributed by atoms with Gasteiger partial charge >= 0.3 is 0 Å². The van der Waals surface area contributed by atoms with Crippen molar-refractivity contribution in [2.75, 3.05) is 0 Å². The number of benzene rings is 1. The molecular weight excluding hydrogens is 256 g/mol. The van der Waals surface area contributed by atoms with Crippen LogP contribution in [0.15, 0.2) is 34.9 Å². The molecule has 1 heterocycles. The van der Waals surface area contributed by atoms with E-state index in [1.807, 2.05) is 30.3 Å². The molecular formula is C10H5BrN4. The highest BCUT2D eigenvalue weighted by atomic mass is 79.9. The van der Waals surface area contributed by atoms with Crippen LogP contribution in [0.4, 0.5) is 0 Å².